The van der Waals surface area contributed by atoms with Crippen LogP contribution in [0.4, 0.5) is 5.88 Å². The molecule has 0 saturated carbocycles. The Hall–Kier alpha value is -2.64. The molecule has 6 nitrogen and oxygen atoms in total. The first kappa shape index (κ1) is 18.7. The van der Waals surface area contributed by atoms with Crippen molar-refractivity contribution < 1.29 is 17.6 Å². The molecule has 0 bridgehead atoms. The summed E-state index contributed by atoms with van der Waals surface area (Å²) >= 11 is 0. The summed E-state index contributed by atoms with van der Waals surface area (Å²) in [6, 6.07) is 14.4. The van der Waals surface area contributed by atoms with Crippen molar-refractivity contribution in [2.75, 3.05) is 31.2 Å². The van der Waals surface area contributed by atoms with Crippen molar-refractivity contribution in [1.82, 2.24) is 4.98 Å². The monoisotopic (exact) mass is 398 g/mol. The van der Waals surface area contributed by atoms with E-state index < -0.39 is 9.84 Å². The molecule has 3 aromatic rings. The largest absolute Gasteiger partial charge is 0.419 e. The second-order valence-corrected chi connectivity index (χ2v) is 8.73. The van der Waals surface area contributed by atoms with Gasteiger partial charge in [0.15, 0.2) is 0 Å². The summed E-state index contributed by atoms with van der Waals surface area (Å²) in [5, 5.41) is -0.0449. The lowest BCUT2D eigenvalue weighted by Crippen LogP contribution is -2.36. The van der Waals surface area contributed by atoms with E-state index in [9.17, 15) is 8.42 Å². The van der Waals surface area contributed by atoms with E-state index in [0.29, 0.717) is 32.2 Å². The highest BCUT2D eigenvalue weighted by Crippen LogP contribution is 2.35. The molecule has 0 aliphatic carbocycles. The molecule has 0 atom stereocenters. The van der Waals surface area contributed by atoms with Gasteiger partial charge in [0.1, 0.15) is 0 Å². The van der Waals surface area contributed by atoms with Crippen LogP contribution in [-0.4, -0.2) is 39.7 Å². The highest BCUT2D eigenvalue weighted by atomic mass is 32.2. The van der Waals surface area contributed by atoms with E-state index in [4.69, 9.17) is 9.15 Å². The molecular formula is C21H22N2O4S. The zero-order valence-electron chi connectivity index (χ0n) is 15.9. The number of aryl methyl sites for hydroxylation is 2. The number of nitrogens with zero attached hydrogens (tertiary/aromatic N) is 2. The van der Waals surface area contributed by atoms with Gasteiger partial charge in [-0.3, -0.25) is 0 Å². The first-order chi connectivity index (χ1) is 13.5. The number of hydrogen-bond donors (Lipinski definition) is 0. The molecular weight excluding hydrogens is 376 g/mol. The number of ether oxygens (including phenoxy) is 1. The van der Waals surface area contributed by atoms with E-state index in [-0.39, 0.29) is 15.8 Å². The Labute approximate surface area is 164 Å². The van der Waals surface area contributed by atoms with Gasteiger partial charge >= 0.3 is 0 Å². The average molecular weight is 398 g/mol. The predicted molar refractivity (Wildman–Crippen MR) is 106 cm³/mol. The zero-order chi connectivity index (χ0) is 19.7. The van der Waals surface area contributed by atoms with Gasteiger partial charge in [-0.15, -0.1) is 0 Å². The van der Waals surface area contributed by atoms with Gasteiger partial charge in [-0.25, -0.2) is 8.42 Å². The summed E-state index contributed by atoms with van der Waals surface area (Å²) in [6.07, 6.45) is 0. The number of benzene rings is 2. The number of sulfone groups is 1. The molecule has 0 spiro atoms. The molecule has 4 rings (SSSR count). The molecule has 1 aromatic heterocycles. The minimum absolute atomic E-state index is 0.0449. The summed E-state index contributed by atoms with van der Waals surface area (Å²) in [7, 11) is -3.82. The van der Waals surface area contributed by atoms with E-state index in [0.717, 1.165) is 16.7 Å². The molecule has 7 heteroatoms. The normalized spacial score (nSPS) is 15.0. The van der Waals surface area contributed by atoms with Crippen molar-refractivity contribution in [1.29, 1.82) is 0 Å². The number of anilines is 1. The van der Waals surface area contributed by atoms with Crippen LogP contribution in [0.1, 0.15) is 11.1 Å². The predicted octanol–water partition coefficient (Wildman–Crippen LogP) is 3.63. The van der Waals surface area contributed by atoms with Crippen LogP contribution in [0.5, 0.6) is 0 Å². The molecule has 1 saturated heterocycles. The fourth-order valence-electron chi connectivity index (χ4n) is 3.20. The van der Waals surface area contributed by atoms with E-state index in [2.05, 4.69) is 4.98 Å². The summed E-state index contributed by atoms with van der Waals surface area (Å²) in [6.45, 7) is 6.01. The van der Waals surface area contributed by atoms with Crippen molar-refractivity contribution in [2.45, 2.75) is 23.8 Å². The maximum Gasteiger partial charge on any atom is 0.236 e. The van der Waals surface area contributed by atoms with Gasteiger partial charge < -0.3 is 14.1 Å². The maximum absolute atomic E-state index is 13.4. The van der Waals surface area contributed by atoms with Crippen LogP contribution in [0.15, 0.2) is 62.9 Å². The van der Waals surface area contributed by atoms with Crippen LogP contribution < -0.4 is 4.90 Å². The number of hydrogen-bond acceptors (Lipinski definition) is 6. The lowest BCUT2D eigenvalue weighted by molar-refractivity contribution is 0.120. The van der Waals surface area contributed by atoms with Crippen molar-refractivity contribution in [2.24, 2.45) is 0 Å². The van der Waals surface area contributed by atoms with Crippen LogP contribution in [0.2, 0.25) is 0 Å². The van der Waals surface area contributed by atoms with Crippen molar-refractivity contribution >= 4 is 15.7 Å². The van der Waals surface area contributed by atoms with Crippen LogP contribution in [0.3, 0.4) is 0 Å². The van der Waals surface area contributed by atoms with Gasteiger partial charge in [0.05, 0.1) is 18.1 Å². The third-order valence-corrected chi connectivity index (χ3v) is 6.51. The quantitative estimate of drug-likeness (QED) is 0.668. The molecule has 28 heavy (non-hydrogen) atoms. The summed E-state index contributed by atoms with van der Waals surface area (Å²) in [4.78, 5) is 6.54. The summed E-state index contributed by atoms with van der Waals surface area (Å²) in [5.74, 6) is 0.590. The number of morpholine rings is 1. The minimum Gasteiger partial charge on any atom is -0.419 e. The fraction of sp³-hybridized carbons (Fsp3) is 0.286. The van der Waals surface area contributed by atoms with Gasteiger partial charge in [0, 0.05) is 18.7 Å². The van der Waals surface area contributed by atoms with Crippen molar-refractivity contribution in [3.63, 3.8) is 0 Å². The molecule has 146 valence electrons. The Bertz CT molecular complexity index is 1080. The SMILES string of the molecule is Cc1ccc(S(=O)(=O)c2nc(-c3ccccc3C)oc2N2CCOCC2)cc1. The molecule has 2 aromatic carbocycles. The molecule has 0 radical (unpaired) electrons. The Morgan fingerprint density at radius 2 is 1.64 bits per heavy atom. The van der Waals surface area contributed by atoms with E-state index in [1.807, 2.05) is 43.0 Å². The Balaban J connectivity index is 1.87. The Morgan fingerprint density at radius 3 is 2.32 bits per heavy atom. The first-order valence-corrected chi connectivity index (χ1v) is 10.7. The molecule has 1 fully saturated rings. The van der Waals surface area contributed by atoms with Crippen LogP contribution >= 0.6 is 0 Å². The third-order valence-electron chi connectivity index (χ3n) is 4.84. The lowest BCUT2D eigenvalue weighted by atomic mass is 10.1. The third kappa shape index (κ3) is 3.43. The molecule has 1 aliphatic heterocycles. The van der Waals surface area contributed by atoms with E-state index in [1.165, 1.54) is 0 Å². The van der Waals surface area contributed by atoms with E-state index >= 15 is 0 Å². The standard InChI is InChI=1S/C21H22N2O4S/c1-15-7-9-17(10-8-15)28(24,25)20-21(23-11-13-26-14-12-23)27-19(22-20)18-6-4-3-5-16(18)2/h3-10H,11-14H2,1-2H3. The van der Waals surface area contributed by atoms with Gasteiger partial charge in [0.25, 0.3) is 0 Å². The van der Waals surface area contributed by atoms with Crippen LogP contribution in [0.25, 0.3) is 11.5 Å². The van der Waals surface area contributed by atoms with Crippen LogP contribution in [-0.2, 0) is 14.6 Å². The molecule has 0 unspecified atom stereocenters. The molecule has 0 amide bonds. The van der Waals surface area contributed by atoms with E-state index in [1.54, 1.807) is 24.3 Å². The Morgan fingerprint density at radius 1 is 0.964 bits per heavy atom. The molecule has 1 aliphatic rings. The highest BCUT2D eigenvalue weighted by molar-refractivity contribution is 7.91. The summed E-state index contributed by atoms with van der Waals surface area (Å²) < 4.78 is 38.2. The number of rotatable bonds is 4. The molecule has 2 heterocycles. The zero-order valence-corrected chi connectivity index (χ0v) is 16.7. The number of aromatic nitrogens is 1. The average Bonchev–Trinajstić information content (AvgIpc) is 3.15. The fourth-order valence-corrected chi connectivity index (χ4v) is 4.52. The Kier molecular flexibility index (Phi) is 4.95. The summed E-state index contributed by atoms with van der Waals surface area (Å²) in [5.41, 5.74) is 2.74. The second kappa shape index (κ2) is 7.41. The minimum atomic E-state index is -3.82. The highest BCUT2D eigenvalue weighted by Gasteiger charge is 2.32. The van der Waals surface area contributed by atoms with Crippen LogP contribution in [0, 0.1) is 13.8 Å². The lowest BCUT2D eigenvalue weighted by Gasteiger charge is -2.26. The van der Waals surface area contributed by atoms with Gasteiger partial charge in [0.2, 0.25) is 26.6 Å². The first-order valence-electron chi connectivity index (χ1n) is 9.18. The molecule has 0 N–H and O–H groups in total. The van der Waals surface area contributed by atoms with Gasteiger partial charge in [-0.1, -0.05) is 35.9 Å². The second-order valence-electron chi connectivity index (χ2n) is 6.86. The van der Waals surface area contributed by atoms with Gasteiger partial charge in [-0.2, -0.15) is 4.98 Å². The van der Waals surface area contributed by atoms with Crippen molar-refractivity contribution in [3.8, 4) is 11.5 Å². The number of oxazole rings is 1. The smallest absolute Gasteiger partial charge is 0.236 e. The van der Waals surface area contributed by atoms with Gasteiger partial charge in [-0.05, 0) is 37.6 Å². The van der Waals surface area contributed by atoms with Crippen molar-refractivity contribution in [3.05, 3.63) is 59.7 Å². The topological polar surface area (TPSA) is 72.6 Å². The maximum atomic E-state index is 13.4.